The quantitative estimate of drug-likeness (QED) is 0.278. The van der Waals surface area contributed by atoms with Gasteiger partial charge in [0, 0.05) is 11.5 Å². The summed E-state index contributed by atoms with van der Waals surface area (Å²) < 4.78 is 17.7. The Hall–Kier alpha value is -1.32. The molecule has 3 rings (SSSR count). The van der Waals surface area contributed by atoms with E-state index in [1.807, 2.05) is 12.1 Å². The van der Waals surface area contributed by atoms with Crippen molar-refractivity contribution in [2.45, 2.75) is 84.3 Å². The first-order valence-electron chi connectivity index (χ1n) is 12.4. The van der Waals surface area contributed by atoms with Crippen molar-refractivity contribution in [2.24, 2.45) is 17.8 Å². The van der Waals surface area contributed by atoms with Crippen LogP contribution in [0, 0.1) is 17.8 Å². The normalized spacial score (nSPS) is 27.4. The summed E-state index contributed by atoms with van der Waals surface area (Å²) in [7, 11) is 0. The standard InChI is InChI=1S/C27H42O3/c1-3-5-6-9-22-11-13-23(14-12-22)10-7-19-28-26-17-15-25(16-18-26)27-29-20-24(8-4-2)21-30-27/h7,10,15-18,22-24,27H,3-6,8-9,11-14,19-21H2,1-2H3/t22-,23-,24-,27-. The smallest absolute Gasteiger partial charge is 0.183 e. The van der Waals surface area contributed by atoms with E-state index in [2.05, 4.69) is 38.1 Å². The summed E-state index contributed by atoms with van der Waals surface area (Å²) in [6.45, 7) is 6.73. The highest BCUT2D eigenvalue weighted by atomic mass is 16.7. The third-order valence-corrected chi connectivity index (χ3v) is 6.68. The maximum atomic E-state index is 5.91. The molecule has 1 aliphatic heterocycles. The maximum Gasteiger partial charge on any atom is 0.183 e. The molecule has 0 amide bonds. The van der Waals surface area contributed by atoms with Crippen LogP contribution in [0.15, 0.2) is 36.4 Å². The predicted molar refractivity (Wildman–Crippen MR) is 124 cm³/mol. The molecule has 1 saturated heterocycles. The van der Waals surface area contributed by atoms with Crippen molar-refractivity contribution < 1.29 is 14.2 Å². The third kappa shape index (κ3) is 7.74. The number of allylic oxidation sites excluding steroid dienone is 1. The van der Waals surface area contributed by atoms with E-state index in [1.54, 1.807) is 0 Å². The lowest BCUT2D eigenvalue weighted by molar-refractivity contribution is -0.206. The zero-order valence-corrected chi connectivity index (χ0v) is 19.2. The fourth-order valence-electron chi connectivity index (χ4n) is 4.78. The van der Waals surface area contributed by atoms with Crippen molar-refractivity contribution in [1.82, 2.24) is 0 Å². The van der Waals surface area contributed by atoms with Crippen LogP contribution in [0.2, 0.25) is 0 Å². The summed E-state index contributed by atoms with van der Waals surface area (Å²) in [6.07, 6.45) is 17.8. The van der Waals surface area contributed by atoms with Gasteiger partial charge in [0.15, 0.2) is 6.29 Å². The summed E-state index contributed by atoms with van der Waals surface area (Å²) in [4.78, 5) is 0. The summed E-state index contributed by atoms with van der Waals surface area (Å²) in [5, 5.41) is 0. The minimum Gasteiger partial charge on any atom is -0.490 e. The Morgan fingerprint density at radius 2 is 1.60 bits per heavy atom. The van der Waals surface area contributed by atoms with Crippen molar-refractivity contribution in [1.29, 1.82) is 0 Å². The molecular weight excluding hydrogens is 372 g/mol. The lowest BCUT2D eigenvalue weighted by Gasteiger charge is -2.29. The molecular formula is C27H42O3. The maximum absolute atomic E-state index is 5.91. The van der Waals surface area contributed by atoms with E-state index in [1.165, 1.54) is 64.2 Å². The molecule has 0 atom stereocenters. The highest BCUT2D eigenvalue weighted by molar-refractivity contribution is 5.28. The van der Waals surface area contributed by atoms with Gasteiger partial charge in [-0.15, -0.1) is 0 Å². The largest absolute Gasteiger partial charge is 0.490 e. The fraction of sp³-hybridized carbons (Fsp3) is 0.704. The van der Waals surface area contributed by atoms with Crippen molar-refractivity contribution >= 4 is 0 Å². The van der Waals surface area contributed by atoms with Crippen LogP contribution < -0.4 is 4.74 Å². The number of benzene rings is 1. The van der Waals surface area contributed by atoms with Gasteiger partial charge in [0.2, 0.25) is 0 Å². The molecule has 168 valence electrons. The molecule has 1 aromatic carbocycles. The minimum atomic E-state index is -0.232. The first-order chi connectivity index (χ1) is 14.8. The monoisotopic (exact) mass is 414 g/mol. The molecule has 0 spiro atoms. The molecule has 3 nitrogen and oxygen atoms in total. The molecule has 0 bridgehead atoms. The molecule has 1 saturated carbocycles. The average Bonchev–Trinajstić information content (AvgIpc) is 2.79. The lowest BCUT2D eigenvalue weighted by atomic mass is 9.79. The molecule has 0 N–H and O–H groups in total. The van der Waals surface area contributed by atoms with Crippen molar-refractivity contribution in [2.75, 3.05) is 19.8 Å². The van der Waals surface area contributed by atoms with Crippen LogP contribution in [-0.4, -0.2) is 19.8 Å². The first-order valence-corrected chi connectivity index (χ1v) is 12.4. The number of hydrogen-bond donors (Lipinski definition) is 0. The zero-order chi connectivity index (χ0) is 21.0. The summed E-state index contributed by atoms with van der Waals surface area (Å²) in [5.41, 5.74) is 1.07. The molecule has 2 fully saturated rings. The molecule has 0 aromatic heterocycles. The Morgan fingerprint density at radius 3 is 2.27 bits per heavy atom. The highest BCUT2D eigenvalue weighted by Crippen LogP contribution is 2.33. The van der Waals surface area contributed by atoms with E-state index in [4.69, 9.17) is 14.2 Å². The van der Waals surface area contributed by atoms with Gasteiger partial charge in [0.1, 0.15) is 12.4 Å². The van der Waals surface area contributed by atoms with Gasteiger partial charge in [0.05, 0.1) is 13.2 Å². The fourth-order valence-corrected chi connectivity index (χ4v) is 4.78. The van der Waals surface area contributed by atoms with Gasteiger partial charge in [-0.1, -0.05) is 70.2 Å². The number of hydrogen-bond acceptors (Lipinski definition) is 3. The van der Waals surface area contributed by atoms with Crippen LogP contribution >= 0.6 is 0 Å². The lowest BCUT2D eigenvalue weighted by Crippen LogP contribution is -2.26. The first kappa shape index (κ1) is 23.3. The van der Waals surface area contributed by atoms with Crippen LogP contribution in [-0.2, 0) is 9.47 Å². The molecule has 2 aliphatic rings. The average molecular weight is 415 g/mol. The Morgan fingerprint density at radius 1 is 0.867 bits per heavy atom. The van der Waals surface area contributed by atoms with E-state index in [0.717, 1.165) is 36.4 Å². The Bertz CT molecular complexity index is 593. The summed E-state index contributed by atoms with van der Waals surface area (Å²) in [5.74, 6) is 3.17. The van der Waals surface area contributed by atoms with Gasteiger partial charge >= 0.3 is 0 Å². The molecule has 1 aromatic rings. The number of ether oxygens (including phenoxy) is 3. The van der Waals surface area contributed by atoms with E-state index in [9.17, 15) is 0 Å². The Kier molecular flexibility index (Phi) is 10.2. The molecule has 3 heteroatoms. The van der Waals surface area contributed by atoms with Gasteiger partial charge in [-0.2, -0.15) is 0 Å². The van der Waals surface area contributed by atoms with Gasteiger partial charge in [-0.05, 0) is 56.1 Å². The van der Waals surface area contributed by atoms with Crippen LogP contribution in [0.4, 0.5) is 0 Å². The topological polar surface area (TPSA) is 27.7 Å². The summed E-state index contributed by atoms with van der Waals surface area (Å²) >= 11 is 0. The van der Waals surface area contributed by atoms with Gasteiger partial charge < -0.3 is 14.2 Å². The molecule has 1 heterocycles. The Balaban J connectivity index is 1.32. The van der Waals surface area contributed by atoms with Crippen molar-refractivity contribution in [3.8, 4) is 5.75 Å². The molecule has 0 radical (unpaired) electrons. The van der Waals surface area contributed by atoms with Crippen LogP contribution in [0.5, 0.6) is 5.75 Å². The molecule has 1 aliphatic carbocycles. The minimum absolute atomic E-state index is 0.232. The van der Waals surface area contributed by atoms with E-state index in [-0.39, 0.29) is 6.29 Å². The predicted octanol–water partition coefficient (Wildman–Crippen LogP) is 7.47. The number of rotatable bonds is 11. The van der Waals surface area contributed by atoms with Crippen LogP contribution in [0.3, 0.4) is 0 Å². The van der Waals surface area contributed by atoms with Gasteiger partial charge in [0.25, 0.3) is 0 Å². The number of unbranched alkanes of at least 4 members (excludes halogenated alkanes) is 2. The van der Waals surface area contributed by atoms with Crippen molar-refractivity contribution in [3.63, 3.8) is 0 Å². The van der Waals surface area contributed by atoms with E-state index >= 15 is 0 Å². The second kappa shape index (κ2) is 13.2. The van der Waals surface area contributed by atoms with Crippen molar-refractivity contribution in [3.05, 3.63) is 42.0 Å². The second-order valence-electron chi connectivity index (χ2n) is 9.24. The summed E-state index contributed by atoms with van der Waals surface area (Å²) in [6, 6.07) is 8.17. The molecule has 0 unspecified atom stereocenters. The second-order valence-corrected chi connectivity index (χ2v) is 9.24. The van der Waals surface area contributed by atoms with Gasteiger partial charge in [-0.25, -0.2) is 0 Å². The highest BCUT2D eigenvalue weighted by Gasteiger charge is 2.23. The third-order valence-electron chi connectivity index (χ3n) is 6.68. The van der Waals surface area contributed by atoms with E-state index in [0.29, 0.717) is 12.5 Å². The zero-order valence-electron chi connectivity index (χ0n) is 19.2. The van der Waals surface area contributed by atoms with Crippen LogP contribution in [0.1, 0.15) is 89.9 Å². The van der Waals surface area contributed by atoms with Gasteiger partial charge in [-0.3, -0.25) is 0 Å². The van der Waals surface area contributed by atoms with Crippen LogP contribution in [0.25, 0.3) is 0 Å². The SMILES string of the molecule is CCCCC[C@H]1CC[C@H](C=CCOc2ccc([C@H]3OC[C@H](CCC)CO3)cc2)CC1. The van der Waals surface area contributed by atoms with E-state index < -0.39 is 0 Å². The molecule has 30 heavy (non-hydrogen) atoms. The Labute approximate surface area is 184 Å².